The summed E-state index contributed by atoms with van der Waals surface area (Å²) in [6.45, 7) is 10.8. The summed E-state index contributed by atoms with van der Waals surface area (Å²) in [4.78, 5) is 12.4. The van der Waals surface area contributed by atoms with Gasteiger partial charge in [0.25, 0.3) is 0 Å². The quantitative estimate of drug-likeness (QED) is 0.412. The van der Waals surface area contributed by atoms with Gasteiger partial charge in [-0.15, -0.1) is 0 Å². The van der Waals surface area contributed by atoms with Crippen LogP contribution in [0.3, 0.4) is 0 Å². The van der Waals surface area contributed by atoms with Crippen LogP contribution >= 0.6 is 0 Å². The number of ether oxygens (including phenoxy) is 3. The first-order chi connectivity index (χ1) is 15.6. The average molecular weight is 458 g/mol. The van der Waals surface area contributed by atoms with E-state index in [9.17, 15) is 9.90 Å². The van der Waals surface area contributed by atoms with Gasteiger partial charge in [-0.25, -0.2) is 0 Å². The van der Waals surface area contributed by atoms with E-state index in [0.29, 0.717) is 24.7 Å². The van der Waals surface area contributed by atoms with Crippen LogP contribution in [0.5, 0.6) is 11.5 Å². The molecule has 0 heterocycles. The summed E-state index contributed by atoms with van der Waals surface area (Å²) in [5.41, 5.74) is 2.11. The molecule has 0 spiro atoms. The molecular weight excluding hydrogens is 418 g/mol. The summed E-state index contributed by atoms with van der Waals surface area (Å²) in [6.07, 6.45) is 1.14. The van der Waals surface area contributed by atoms with Crippen LogP contribution in [0.25, 0.3) is 0 Å². The molecule has 0 aromatic heterocycles. The van der Waals surface area contributed by atoms with Gasteiger partial charge in [0.1, 0.15) is 6.61 Å². The van der Waals surface area contributed by atoms with Crippen LogP contribution in [0.2, 0.25) is 0 Å². The molecule has 1 unspecified atom stereocenters. The van der Waals surface area contributed by atoms with Crippen molar-refractivity contribution in [3.63, 3.8) is 0 Å². The van der Waals surface area contributed by atoms with Gasteiger partial charge in [0.15, 0.2) is 17.3 Å². The number of nitrogens with one attached hydrogen (secondary N) is 1. The number of amides is 1. The molecule has 0 fully saturated rings. The lowest BCUT2D eigenvalue weighted by molar-refractivity contribution is -0.177. The molecule has 0 saturated heterocycles. The van der Waals surface area contributed by atoms with Gasteiger partial charge >= 0.3 is 0 Å². The first-order valence-corrected chi connectivity index (χ1v) is 11.5. The lowest BCUT2D eigenvalue weighted by Gasteiger charge is -2.34. The number of benzene rings is 2. The van der Waals surface area contributed by atoms with Gasteiger partial charge in [-0.05, 0) is 42.5 Å². The topological polar surface area (TPSA) is 77.0 Å². The van der Waals surface area contributed by atoms with E-state index in [0.717, 1.165) is 17.5 Å². The molecule has 1 amide bonds. The van der Waals surface area contributed by atoms with Crippen molar-refractivity contribution < 1.29 is 24.1 Å². The monoisotopic (exact) mass is 457 g/mol. The third-order valence-corrected chi connectivity index (χ3v) is 5.97. The van der Waals surface area contributed by atoms with E-state index in [4.69, 9.17) is 14.2 Å². The molecule has 2 N–H and O–H groups in total. The van der Waals surface area contributed by atoms with Gasteiger partial charge in [-0.2, -0.15) is 0 Å². The molecule has 33 heavy (non-hydrogen) atoms. The molecule has 6 heteroatoms. The van der Waals surface area contributed by atoms with Gasteiger partial charge in [-0.1, -0.05) is 63.6 Å². The Kier molecular flexibility index (Phi) is 9.74. The van der Waals surface area contributed by atoms with Crippen molar-refractivity contribution in [2.75, 3.05) is 20.3 Å². The Morgan fingerprint density at radius 1 is 1.06 bits per heavy atom. The first-order valence-electron chi connectivity index (χ1n) is 11.5. The smallest absolute Gasteiger partial charge is 0.222 e. The number of hydrogen-bond donors (Lipinski definition) is 2. The highest BCUT2D eigenvalue weighted by molar-refractivity contribution is 5.76. The maximum atomic E-state index is 12.4. The number of rotatable bonds is 13. The highest BCUT2D eigenvalue weighted by Crippen LogP contribution is 2.41. The van der Waals surface area contributed by atoms with Crippen molar-refractivity contribution in [1.29, 1.82) is 0 Å². The Hall–Kier alpha value is -2.57. The molecule has 2 rings (SSSR count). The zero-order valence-electron chi connectivity index (χ0n) is 20.8. The number of hydrogen-bond acceptors (Lipinski definition) is 5. The fourth-order valence-corrected chi connectivity index (χ4v) is 3.55. The predicted octanol–water partition coefficient (Wildman–Crippen LogP) is 5.05. The van der Waals surface area contributed by atoms with Gasteiger partial charge in [0.2, 0.25) is 5.91 Å². The second-order valence-electron chi connectivity index (χ2n) is 9.43. The SMILES string of the molecule is CCC(C)(C)C(CNC(=O)CCOC(C)(C)O)c1ccc(OC)c(OCc2ccccc2)c1. The summed E-state index contributed by atoms with van der Waals surface area (Å²) in [7, 11) is 1.63. The van der Waals surface area contributed by atoms with E-state index in [1.54, 1.807) is 21.0 Å². The highest BCUT2D eigenvalue weighted by atomic mass is 16.6. The van der Waals surface area contributed by atoms with Crippen LogP contribution in [0.1, 0.15) is 64.5 Å². The van der Waals surface area contributed by atoms with E-state index in [1.165, 1.54) is 0 Å². The fraction of sp³-hybridized carbons (Fsp3) is 0.519. The van der Waals surface area contributed by atoms with Crippen molar-refractivity contribution in [1.82, 2.24) is 5.32 Å². The van der Waals surface area contributed by atoms with Crippen molar-refractivity contribution in [2.24, 2.45) is 5.41 Å². The largest absolute Gasteiger partial charge is 0.493 e. The van der Waals surface area contributed by atoms with Crippen molar-refractivity contribution in [3.05, 3.63) is 59.7 Å². The Labute approximate surface area is 198 Å². The summed E-state index contributed by atoms with van der Waals surface area (Å²) in [6, 6.07) is 16.0. The first kappa shape index (κ1) is 26.7. The van der Waals surface area contributed by atoms with E-state index in [2.05, 4.69) is 26.1 Å². The van der Waals surface area contributed by atoms with E-state index < -0.39 is 5.79 Å². The van der Waals surface area contributed by atoms with Gasteiger partial charge < -0.3 is 24.6 Å². The molecule has 0 bridgehead atoms. The summed E-state index contributed by atoms with van der Waals surface area (Å²) < 4.78 is 16.9. The zero-order chi connectivity index (χ0) is 24.5. The molecule has 1 atom stereocenters. The van der Waals surface area contributed by atoms with Crippen LogP contribution in [-0.4, -0.2) is 37.1 Å². The number of carbonyl (C=O) groups is 1. The number of carbonyl (C=O) groups excluding carboxylic acids is 1. The maximum Gasteiger partial charge on any atom is 0.222 e. The molecule has 0 aliphatic rings. The number of methoxy groups -OCH3 is 1. The van der Waals surface area contributed by atoms with Crippen LogP contribution in [-0.2, 0) is 16.1 Å². The lowest BCUT2D eigenvalue weighted by Crippen LogP contribution is -2.35. The van der Waals surface area contributed by atoms with Crippen LogP contribution in [0, 0.1) is 5.41 Å². The molecular formula is C27H39NO5. The maximum absolute atomic E-state index is 12.4. The van der Waals surface area contributed by atoms with Crippen molar-refractivity contribution in [3.8, 4) is 11.5 Å². The third kappa shape index (κ3) is 8.71. The summed E-state index contributed by atoms with van der Waals surface area (Å²) in [5.74, 6) is 0.0831. The zero-order valence-corrected chi connectivity index (χ0v) is 20.8. The summed E-state index contributed by atoms with van der Waals surface area (Å²) >= 11 is 0. The minimum absolute atomic E-state index is 0.0534. The normalized spacial score (nSPS) is 12.8. The van der Waals surface area contributed by atoms with E-state index in [1.807, 2.05) is 48.5 Å². The Bertz CT molecular complexity index is 874. The second kappa shape index (κ2) is 12.1. The van der Waals surface area contributed by atoms with Crippen LogP contribution in [0.15, 0.2) is 48.5 Å². The highest BCUT2D eigenvalue weighted by Gasteiger charge is 2.30. The van der Waals surface area contributed by atoms with E-state index >= 15 is 0 Å². The lowest BCUT2D eigenvalue weighted by atomic mass is 9.73. The van der Waals surface area contributed by atoms with Gasteiger partial charge in [-0.3, -0.25) is 4.79 Å². The molecule has 0 radical (unpaired) electrons. The van der Waals surface area contributed by atoms with E-state index in [-0.39, 0.29) is 30.3 Å². The molecule has 182 valence electrons. The summed E-state index contributed by atoms with van der Waals surface area (Å²) in [5, 5.41) is 12.7. The second-order valence-corrected chi connectivity index (χ2v) is 9.43. The average Bonchev–Trinajstić information content (AvgIpc) is 2.77. The van der Waals surface area contributed by atoms with Crippen molar-refractivity contribution >= 4 is 5.91 Å². The van der Waals surface area contributed by atoms with Gasteiger partial charge in [0, 0.05) is 12.5 Å². The fourth-order valence-electron chi connectivity index (χ4n) is 3.55. The predicted molar refractivity (Wildman–Crippen MR) is 130 cm³/mol. The van der Waals surface area contributed by atoms with Gasteiger partial charge in [0.05, 0.1) is 20.1 Å². The molecule has 0 aliphatic heterocycles. The Morgan fingerprint density at radius 2 is 1.76 bits per heavy atom. The van der Waals surface area contributed by atoms with Crippen molar-refractivity contribution in [2.45, 2.75) is 65.8 Å². The molecule has 0 saturated carbocycles. The molecule has 0 aliphatic carbocycles. The molecule has 2 aromatic rings. The third-order valence-electron chi connectivity index (χ3n) is 5.97. The Morgan fingerprint density at radius 3 is 2.36 bits per heavy atom. The minimum Gasteiger partial charge on any atom is -0.493 e. The molecule has 6 nitrogen and oxygen atoms in total. The molecule has 2 aromatic carbocycles. The number of aliphatic hydroxyl groups is 1. The minimum atomic E-state index is -1.24. The standard InChI is InChI=1S/C27H39NO5/c1-7-26(2,3)22(18-28-25(29)15-16-33-27(4,5)30)21-13-14-23(31-6)24(17-21)32-19-20-11-9-8-10-12-20/h8-14,17,22,30H,7,15-16,18-19H2,1-6H3,(H,28,29). The van der Waals surface area contributed by atoms with Crippen LogP contribution < -0.4 is 14.8 Å². The van der Waals surface area contributed by atoms with Crippen LogP contribution in [0.4, 0.5) is 0 Å². The Balaban J connectivity index is 2.15.